The minimum atomic E-state index is 0.252. The van der Waals surface area contributed by atoms with Gasteiger partial charge in [-0.1, -0.05) is 88.6 Å². The molecule has 0 spiro atoms. The van der Waals surface area contributed by atoms with Crippen molar-refractivity contribution in [1.82, 2.24) is 14.6 Å². The number of aliphatic hydroxyl groups is 1. The molecule has 4 rings (SSSR count). The number of aromatic nitrogens is 3. The highest BCUT2D eigenvalue weighted by Crippen LogP contribution is 2.28. The summed E-state index contributed by atoms with van der Waals surface area (Å²) in [5.41, 5.74) is 5.26. The Kier molecular flexibility index (Phi) is 7.96. The van der Waals surface area contributed by atoms with E-state index in [9.17, 15) is 5.11 Å². The lowest BCUT2D eigenvalue weighted by atomic mass is 9.97. The summed E-state index contributed by atoms with van der Waals surface area (Å²) in [5.74, 6) is 1.08. The maximum atomic E-state index is 10.9. The lowest BCUT2D eigenvalue weighted by Crippen LogP contribution is -2.18. The van der Waals surface area contributed by atoms with Crippen molar-refractivity contribution in [3.63, 3.8) is 0 Å². The van der Waals surface area contributed by atoms with Crippen LogP contribution in [0.4, 0.5) is 0 Å². The van der Waals surface area contributed by atoms with Crippen LogP contribution in [0.5, 0.6) is 0 Å². The van der Waals surface area contributed by atoms with Gasteiger partial charge in [0.1, 0.15) is 11.5 Å². The van der Waals surface area contributed by atoms with Gasteiger partial charge in [-0.25, -0.2) is 9.50 Å². The molecule has 5 nitrogen and oxygen atoms in total. The predicted octanol–water partition coefficient (Wildman–Crippen LogP) is 6.01. The summed E-state index contributed by atoms with van der Waals surface area (Å²) in [5, 5.41) is 17.4. The van der Waals surface area contributed by atoms with Gasteiger partial charge < -0.3 is 5.11 Å². The molecule has 0 unspecified atom stereocenters. The molecule has 0 amide bonds. The van der Waals surface area contributed by atoms with Crippen LogP contribution in [0.3, 0.4) is 0 Å². The second kappa shape index (κ2) is 11.3. The summed E-state index contributed by atoms with van der Waals surface area (Å²) in [4.78, 5) is 9.50. The highest BCUT2D eigenvalue weighted by molar-refractivity contribution is 5.80. The Morgan fingerprint density at radius 3 is 2.57 bits per heavy atom. The van der Waals surface area contributed by atoms with Crippen molar-refractivity contribution in [2.75, 3.05) is 0 Å². The van der Waals surface area contributed by atoms with Crippen molar-refractivity contribution in [2.24, 2.45) is 10.9 Å². The van der Waals surface area contributed by atoms with E-state index in [1.165, 1.54) is 31.2 Å². The molecule has 1 N–H and O–H groups in total. The zero-order valence-electron chi connectivity index (χ0n) is 21.2. The molecule has 1 aliphatic carbocycles. The van der Waals surface area contributed by atoms with Gasteiger partial charge in [-0.15, -0.1) is 0 Å². The number of allylic oxidation sites excluding steroid dienone is 2. The number of nitrogens with zero attached hydrogens (tertiary/aromatic N) is 4. The van der Waals surface area contributed by atoms with Crippen LogP contribution in [0.25, 0.3) is 34.4 Å². The zero-order valence-corrected chi connectivity index (χ0v) is 21.2. The molecule has 0 atom stereocenters. The summed E-state index contributed by atoms with van der Waals surface area (Å²) in [7, 11) is 0. The second-order valence-electron chi connectivity index (χ2n) is 9.18. The van der Waals surface area contributed by atoms with Gasteiger partial charge in [0.05, 0.1) is 22.0 Å². The van der Waals surface area contributed by atoms with Gasteiger partial charge in [-0.2, -0.15) is 5.10 Å². The van der Waals surface area contributed by atoms with Crippen LogP contribution in [-0.2, 0) is 6.42 Å². The zero-order chi connectivity index (χ0) is 24.8. The van der Waals surface area contributed by atoms with Gasteiger partial charge >= 0.3 is 0 Å². The van der Waals surface area contributed by atoms with Gasteiger partial charge in [0, 0.05) is 18.2 Å². The topological polar surface area (TPSA) is 62.8 Å². The van der Waals surface area contributed by atoms with Gasteiger partial charge in [0.2, 0.25) is 0 Å². The van der Waals surface area contributed by atoms with E-state index in [1.54, 1.807) is 12.3 Å². The second-order valence-corrected chi connectivity index (χ2v) is 9.18. The minimum absolute atomic E-state index is 0.252. The Hall–Kier alpha value is -3.47. The Morgan fingerprint density at radius 2 is 1.94 bits per heavy atom. The Bertz CT molecular complexity index is 1370. The van der Waals surface area contributed by atoms with E-state index in [4.69, 9.17) is 10.1 Å². The Labute approximate surface area is 208 Å². The van der Waals surface area contributed by atoms with Gasteiger partial charge in [0.25, 0.3) is 0 Å². The van der Waals surface area contributed by atoms with Crippen molar-refractivity contribution < 1.29 is 5.11 Å². The fraction of sp³-hybridized carbons (Fsp3) is 0.367. The van der Waals surface area contributed by atoms with Gasteiger partial charge in [0.15, 0.2) is 5.65 Å². The first kappa shape index (κ1) is 24.6. The van der Waals surface area contributed by atoms with E-state index >= 15 is 0 Å². The minimum Gasteiger partial charge on any atom is -0.511 e. The van der Waals surface area contributed by atoms with Crippen molar-refractivity contribution in [3.8, 4) is 11.3 Å². The highest BCUT2D eigenvalue weighted by Gasteiger charge is 2.18. The summed E-state index contributed by atoms with van der Waals surface area (Å²) in [6.45, 7) is 9.67. The lowest BCUT2D eigenvalue weighted by Gasteiger charge is -2.10. The summed E-state index contributed by atoms with van der Waals surface area (Å²) < 4.78 is 1.82. The number of hydrogen-bond donors (Lipinski definition) is 1. The lowest BCUT2D eigenvalue weighted by molar-refractivity contribution is 0.484. The fourth-order valence-corrected chi connectivity index (χ4v) is 4.93. The Morgan fingerprint density at radius 1 is 1.20 bits per heavy atom. The normalized spacial score (nSPS) is 16.5. The predicted molar refractivity (Wildman–Crippen MR) is 147 cm³/mol. The van der Waals surface area contributed by atoms with Crippen molar-refractivity contribution in [2.45, 2.75) is 65.7 Å². The smallest absolute Gasteiger partial charge is 0.167 e. The maximum Gasteiger partial charge on any atom is 0.167 e. The maximum absolute atomic E-state index is 10.9. The molecule has 182 valence electrons. The number of fused-ring (bicyclic) bond motifs is 1. The van der Waals surface area contributed by atoms with Crippen LogP contribution in [-0.4, -0.2) is 25.9 Å². The first-order valence-electron chi connectivity index (χ1n) is 12.8. The third-order valence-electron chi connectivity index (χ3n) is 6.74. The molecular weight excluding hydrogens is 432 g/mol. The first-order chi connectivity index (χ1) is 17.1. The molecule has 0 aliphatic heterocycles. The van der Waals surface area contributed by atoms with E-state index in [1.807, 2.05) is 24.4 Å². The van der Waals surface area contributed by atoms with Crippen molar-refractivity contribution >= 4 is 29.4 Å². The molecule has 5 heteroatoms. The van der Waals surface area contributed by atoms with Crippen LogP contribution in [0.2, 0.25) is 0 Å². The van der Waals surface area contributed by atoms with E-state index in [-0.39, 0.29) is 5.76 Å². The summed E-state index contributed by atoms with van der Waals surface area (Å²) >= 11 is 0. The van der Waals surface area contributed by atoms with Crippen LogP contribution < -0.4 is 10.6 Å². The van der Waals surface area contributed by atoms with E-state index < -0.39 is 0 Å². The van der Waals surface area contributed by atoms with E-state index in [0.29, 0.717) is 28.7 Å². The fourth-order valence-electron chi connectivity index (χ4n) is 4.93. The third-order valence-corrected chi connectivity index (χ3v) is 6.74. The SMILES string of the molecule is C=CC=N/C(=C\C)c1nn2/c(=C/CC)cc(-c3ccc(CC4CCCC4)cc3)nc2c1=C(O)CC. The molecule has 1 aromatic carbocycles. The van der Waals surface area contributed by atoms with E-state index in [0.717, 1.165) is 35.4 Å². The van der Waals surface area contributed by atoms with Crippen LogP contribution in [0.1, 0.15) is 70.6 Å². The molecule has 1 fully saturated rings. The summed E-state index contributed by atoms with van der Waals surface area (Å²) in [6, 6.07) is 10.9. The molecule has 0 saturated heterocycles. The molecule has 2 heterocycles. The largest absolute Gasteiger partial charge is 0.511 e. The number of aliphatic hydroxyl groups excluding tert-OH is 1. The first-order valence-corrected chi connectivity index (χ1v) is 12.8. The molecule has 0 radical (unpaired) electrons. The molecular formula is C30H36N4O. The highest BCUT2D eigenvalue weighted by atomic mass is 16.3. The molecule has 1 saturated carbocycles. The van der Waals surface area contributed by atoms with Crippen LogP contribution in [0.15, 0.2) is 54.1 Å². The van der Waals surface area contributed by atoms with Gasteiger partial charge in [-0.3, -0.25) is 4.99 Å². The molecule has 1 aliphatic rings. The third kappa shape index (κ3) is 5.29. The van der Waals surface area contributed by atoms with Crippen molar-refractivity contribution in [1.29, 1.82) is 0 Å². The van der Waals surface area contributed by atoms with Crippen LogP contribution >= 0.6 is 0 Å². The van der Waals surface area contributed by atoms with Crippen LogP contribution in [0, 0.1) is 5.92 Å². The monoisotopic (exact) mass is 468 g/mol. The molecule has 35 heavy (non-hydrogen) atoms. The van der Waals surface area contributed by atoms with E-state index in [2.05, 4.69) is 54.9 Å². The molecule has 2 aromatic heterocycles. The summed E-state index contributed by atoms with van der Waals surface area (Å²) in [6.07, 6.45) is 15.2. The standard InChI is InChI=1S/C30H36N4O/c1-5-11-24-20-26(23-16-14-22(15-17-23)19-21-12-9-10-13-21)32-30-28(27(35)8-4)29(33-34(24)30)25(7-3)31-18-6-2/h6-7,11,14-18,20-21,35H,2,5,8-10,12-13,19H2,1,3-4H3/b24-11+,25-7-,28-27?,31-18?. The number of aliphatic imine (C=N–C) groups is 1. The number of hydrogen-bond acceptors (Lipinski definition) is 4. The Balaban J connectivity index is 1.88. The number of rotatable bonds is 8. The van der Waals surface area contributed by atoms with Crippen molar-refractivity contribution in [3.05, 3.63) is 70.9 Å². The average molecular weight is 469 g/mol. The molecule has 3 aromatic rings. The quantitative estimate of drug-likeness (QED) is 0.412. The van der Waals surface area contributed by atoms with Gasteiger partial charge in [-0.05, 0) is 37.3 Å². The molecule has 0 bridgehead atoms. The average Bonchev–Trinajstić information content (AvgIpc) is 3.53. The number of benzene rings is 1.